The highest BCUT2D eigenvalue weighted by molar-refractivity contribution is 5.41. The Bertz CT molecular complexity index is 464. The van der Waals surface area contributed by atoms with Crippen LogP contribution in [0.25, 0.3) is 0 Å². The molecule has 102 valence electrons. The first-order chi connectivity index (χ1) is 9.26. The molecular weight excluding hydrogens is 242 g/mol. The van der Waals surface area contributed by atoms with Gasteiger partial charge in [0.15, 0.2) is 0 Å². The molecule has 2 rings (SSSR count). The zero-order valence-corrected chi connectivity index (χ0v) is 11.1. The molecule has 1 atom stereocenters. The number of hydrogen-bond acceptors (Lipinski definition) is 5. The van der Waals surface area contributed by atoms with Crippen LogP contribution in [0.1, 0.15) is 18.0 Å². The van der Waals surface area contributed by atoms with E-state index in [0.717, 1.165) is 31.7 Å². The maximum Gasteiger partial charge on any atom is 0.124 e. The highest BCUT2D eigenvalue weighted by Gasteiger charge is 2.24. The van der Waals surface area contributed by atoms with Gasteiger partial charge in [0.1, 0.15) is 11.5 Å². The van der Waals surface area contributed by atoms with Gasteiger partial charge in [-0.05, 0) is 6.07 Å². The minimum atomic E-state index is -0.0574. The van der Waals surface area contributed by atoms with Gasteiger partial charge in [-0.15, -0.1) is 0 Å². The SMILES string of the molecule is COc1ccc([C@H](CC#N)N2CCNCC2)c(O)c1. The lowest BCUT2D eigenvalue weighted by molar-refractivity contribution is 0.173. The van der Waals surface area contributed by atoms with E-state index < -0.39 is 0 Å². The average molecular weight is 261 g/mol. The van der Waals surface area contributed by atoms with E-state index in [0.29, 0.717) is 12.2 Å². The van der Waals surface area contributed by atoms with Crippen molar-refractivity contribution in [1.82, 2.24) is 10.2 Å². The highest BCUT2D eigenvalue weighted by atomic mass is 16.5. The first-order valence-electron chi connectivity index (χ1n) is 6.45. The summed E-state index contributed by atoms with van der Waals surface area (Å²) >= 11 is 0. The van der Waals surface area contributed by atoms with Gasteiger partial charge in [0.25, 0.3) is 0 Å². The Balaban J connectivity index is 2.25. The van der Waals surface area contributed by atoms with Gasteiger partial charge < -0.3 is 15.2 Å². The fourth-order valence-corrected chi connectivity index (χ4v) is 2.45. The third-order valence-electron chi connectivity index (χ3n) is 3.47. The fourth-order valence-electron chi connectivity index (χ4n) is 2.45. The number of methoxy groups -OCH3 is 1. The topological polar surface area (TPSA) is 68.5 Å². The molecule has 2 N–H and O–H groups in total. The summed E-state index contributed by atoms with van der Waals surface area (Å²) in [5, 5.41) is 22.4. The van der Waals surface area contributed by atoms with Crippen LogP contribution in [0, 0.1) is 11.3 Å². The van der Waals surface area contributed by atoms with Crippen LogP contribution in [-0.2, 0) is 0 Å². The van der Waals surface area contributed by atoms with Crippen molar-refractivity contribution in [3.8, 4) is 17.6 Å². The summed E-state index contributed by atoms with van der Waals surface area (Å²) in [6, 6.07) is 7.42. The molecule has 0 aromatic heterocycles. The van der Waals surface area contributed by atoms with E-state index in [4.69, 9.17) is 10.00 Å². The number of ether oxygens (including phenoxy) is 1. The second-order valence-electron chi connectivity index (χ2n) is 4.59. The molecular formula is C14H19N3O2. The number of benzene rings is 1. The Morgan fingerprint density at radius 1 is 1.47 bits per heavy atom. The summed E-state index contributed by atoms with van der Waals surface area (Å²) in [7, 11) is 1.57. The Morgan fingerprint density at radius 2 is 2.21 bits per heavy atom. The van der Waals surface area contributed by atoms with Crippen LogP contribution < -0.4 is 10.1 Å². The second kappa shape index (κ2) is 6.41. The van der Waals surface area contributed by atoms with Crippen molar-refractivity contribution in [2.75, 3.05) is 33.3 Å². The first kappa shape index (κ1) is 13.7. The van der Waals surface area contributed by atoms with E-state index in [1.807, 2.05) is 12.1 Å². The summed E-state index contributed by atoms with van der Waals surface area (Å²) in [4.78, 5) is 2.24. The van der Waals surface area contributed by atoms with Gasteiger partial charge in [-0.25, -0.2) is 0 Å². The minimum Gasteiger partial charge on any atom is -0.507 e. The number of aromatic hydroxyl groups is 1. The van der Waals surface area contributed by atoms with Gasteiger partial charge in [0.2, 0.25) is 0 Å². The number of phenolic OH excluding ortho intramolecular Hbond substituents is 1. The van der Waals surface area contributed by atoms with Crippen LogP contribution in [0.5, 0.6) is 11.5 Å². The zero-order valence-electron chi connectivity index (χ0n) is 11.1. The predicted molar refractivity (Wildman–Crippen MR) is 72.1 cm³/mol. The van der Waals surface area contributed by atoms with Crippen molar-refractivity contribution < 1.29 is 9.84 Å². The predicted octanol–water partition coefficient (Wildman–Crippen LogP) is 1.26. The molecule has 5 heteroatoms. The zero-order chi connectivity index (χ0) is 13.7. The van der Waals surface area contributed by atoms with Gasteiger partial charge in [-0.1, -0.05) is 6.07 Å². The summed E-state index contributed by atoms with van der Waals surface area (Å²) in [5.74, 6) is 0.815. The van der Waals surface area contributed by atoms with Crippen LogP contribution in [0.2, 0.25) is 0 Å². The molecule has 0 saturated carbocycles. The third kappa shape index (κ3) is 3.16. The maximum atomic E-state index is 10.1. The van der Waals surface area contributed by atoms with Crippen molar-refractivity contribution in [3.05, 3.63) is 23.8 Å². The first-order valence-corrected chi connectivity index (χ1v) is 6.45. The van der Waals surface area contributed by atoms with E-state index in [9.17, 15) is 5.11 Å². The Morgan fingerprint density at radius 3 is 2.79 bits per heavy atom. The Labute approximate surface area is 113 Å². The molecule has 1 fully saturated rings. The van der Waals surface area contributed by atoms with Crippen LogP contribution in [0.3, 0.4) is 0 Å². The summed E-state index contributed by atoms with van der Waals surface area (Å²) in [6.07, 6.45) is 0.375. The number of rotatable bonds is 4. The van der Waals surface area contributed by atoms with Gasteiger partial charge in [-0.2, -0.15) is 5.26 Å². The second-order valence-corrected chi connectivity index (χ2v) is 4.59. The van der Waals surface area contributed by atoms with Gasteiger partial charge in [0, 0.05) is 37.8 Å². The number of phenols is 1. The van der Waals surface area contributed by atoms with Gasteiger partial charge in [-0.3, -0.25) is 4.90 Å². The van der Waals surface area contributed by atoms with Gasteiger partial charge >= 0.3 is 0 Å². The molecule has 19 heavy (non-hydrogen) atoms. The monoisotopic (exact) mass is 261 g/mol. The number of nitrogens with zero attached hydrogens (tertiary/aromatic N) is 2. The van der Waals surface area contributed by atoms with Crippen LogP contribution >= 0.6 is 0 Å². The molecule has 0 spiro atoms. The number of piperazine rings is 1. The molecule has 1 aromatic carbocycles. The standard InChI is InChI=1S/C14H19N3O2/c1-19-11-2-3-12(14(18)10-11)13(4-5-15)17-8-6-16-7-9-17/h2-3,10,13,16,18H,4,6-9H2,1H3/t13-/m0/s1. The van der Waals surface area contributed by atoms with E-state index >= 15 is 0 Å². The molecule has 1 saturated heterocycles. The molecule has 0 unspecified atom stereocenters. The Kier molecular flexibility index (Phi) is 4.61. The van der Waals surface area contributed by atoms with Crippen LogP contribution in [0.4, 0.5) is 0 Å². The van der Waals surface area contributed by atoms with Crippen molar-refractivity contribution in [1.29, 1.82) is 5.26 Å². The minimum absolute atomic E-state index is 0.0574. The molecule has 0 radical (unpaired) electrons. The third-order valence-corrected chi connectivity index (χ3v) is 3.47. The molecule has 0 bridgehead atoms. The summed E-state index contributed by atoms with van der Waals surface area (Å²) in [6.45, 7) is 3.60. The van der Waals surface area contributed by atoms with Crippen LogP contribution in [-0.4, -0.2) is 43.3 Å². The summed E-state index contributed by atoms with van der Waals surface area (Å²) in [5.41, 5.74) is 0.796. The molecule has 5 nitrogen and oxygen atoms in total. The lowest BCUT2D eigenvalue weighted by Crippen LogP contribution is -2.45. The van der Waals surface area contributed by atoms with E-state index in [2.05, 4.69) is 16.3 Å². The highest BCUT2D eigenvalue weighted by Crippen LogP contribution is 2.33. The molecule has 1 aromatic rings. The molecule has 0 amide bonds. The van der Waals surface area contributed by atoms with Crippen LogP contribution in [0.15, 0.2) is 18.2 Å². The van der Waals surface area contributed by atoms with Gasteiger partial charge in [0.05, 0.1) is 25.6 Å². The molecule has 0 aliphatic carbocycles. The Hall–Kier alpha value is -1.77. The normalized spacial score (nSPS) is 17.7. The molecule has 1 aliphatic heterocycles. The lowest BCUT2D eigenvalue weighted by Gasteiger charge is -2.34. The smallest absolute Gasteiger partial charge is 0.124 e. The average Bonchev–Trinajstić information content (AvgIpc) is 2.46. The summed E-state index contributed by atoms with van der Waals surface area (Å²) < 4.78 is 5.09. The van der Waals surface area contributed by atoms with E-state index in [1.165, 1.54) is 0 Å². The molecule has 1 aliphatic rings. The lowest BCUT2D eigenvalue weighted by atomic mass is 10.0. The number of nitriles is 1. The van der Waals surface area contributed by atoms with E-state index in [-0.39, 0.29) is 11.8 Å². The van der Waals surface area contributed by atoms with Crippen molar-refractivity contribution in [2.24, 2.45) is 0 Å². The number of nitrogens with one attached hydrogen (secondary N) is 1. The van der Waals surface area contributed by atoms with Crippen molar-refractivity contribution in [3.63, 3.8) is 0 Å². The maximum absolute atomic E-state index is 10.1. The fraction of sp³-hybridized carbons (Fsp3) is 0.500. The largest absolute Gasteiger partial charge is 0.507 e. The quantitative estimate of drug-likeness (QED) is 0.854. The molecule has 1 heterocycles. The number of hydrogen-bond donors (Lipinski definition) is 2. The van der Waals surface area contributed by atoms with Crippen molar-refractivity contribution >= 4 is 0 Å². The van der Waals surface area contributed by atoms with E-state index in [1.54, 1.807) is 13.2 Å². The van der Waals surface area contributed by atoms with Crippen molar-refractivity contribution in [2.45, 2.75) is 12.5 Å².